The van der Waals surface area contributed by atoms with Gasteiger partial charge in [0.1, 0.15) is 5.82 Å². The van der Waals surface area contributed by atoms with Crippen molar-refractivity contribution in [3.8, 4) is 0 Å². The highest BCUT2D eigenvalue weighted by Gasteiger charge is 2.12. The Morgan fingerprint density at radius 2 is 1.91 bits per heavy atom. The molecule has 4 heteroatoms. The van der Waals surface area contributed by atoms with Crippen LogP contribution in [0.4, 0.5) is 5.82 Å². The molecule has 0 saturated heterocycles. The zero-order valence-corrected chi connectivity index (χ0v) is 13.6. The number of nitrogens with one attached hydrogen (secondary N) is 1. The highest BCUT2D eigenvalue weighted by Crippen LogP contribution is 2.22. The number of nitrogens with zero attached hydrogens (tertiary/aromatic N) is 2. The normalized spacial score (nSPS) is 11.8. The Morgan fingerprint density at radius 3 is 2.50 bits per heavy atom. The number of anilines is 1. The van der Waals surface area contributed by atoms with E-state index < -0.39 is 0 Å². The molecular formula is C18H23N3O. The van der Waals surface area contributed by atoms with Crippen LogP contribution in [0, 0.1) is 0 Å². The lowest BCUT2D eigenvalue weighted by atomic mass is 9.87. The topological polar surface area (TPSA) is 46.9 Å². The Bertz CT molecular complexity index is 660. The first kappa shape index (κ1) is 16.0. The van der Waals surface area contributed by atoms with E-state index >= 15 is 0 Å². The van der Waals surface area contributed by atoms with Crippen LogP contribution in [0.5, 0.6) is 0 Å². The number of aromatic nitrogens is 2. The molecule has 0 radical (unpaired) electrons. The minimum Gasteiger partial charge on any atom is -0.307 e. The fourth-order valence-corrected chi connectivity index (χ4v) is 2.12. The molecule has 116 valence electrons. The molecule has 0 aliphatic carbocycles. The number of aryl methyl sites for hydroxylation is 1. The number of hydrogen-bond donors (Lipinski definition) is 1. The third-order valence-corrected chi connectivity index (χ3v) is 3.47. The van der Waals surface area contributed by atoms with Crippen LogP contribution in [-0.4, -0.2) is 15.7 Å². The fraction of sp³-hybridized carbons (Fsp3) is 0.333. The van der Waals surface area contributed by atoms with Crippen molar-refractivity contribution in [3.63, 3.8) is 0 Å². The van der Waals surface area contributed by atoms with Crippen LogP contribution >= 0.6 is 0 Å². The van der Waals surface area contributed by atoms with Gasteiger partial charge in [-0.25, -0.2) is 4.68 Å². The second kappa shape index (κ2) is 6.60. The van der Waals surface area contributed by atoms with E-state index in [1.54, 1.807) is 23.0 Å². The van der Waals surface area contributed by atoms with Gasteiger partial charge in [0.15, 0.2) is 0 Å². The standard InChI is InChI=1S/C18H23N3O/c1-5-21-16(12-13-19-21)20-17(22)11-8-14-6-9-15(10-7-14)18(2,3)4/h6-13H,5H2,1-4H3,(H,20,22)/b11-8+. The van der Waals surface area contributed by atoms with Crippen LogP contribution in [0.1, 0.15) is 38.8 Å². The van der Waals surface area contributed by atoms with Crippen molar-refractivity contribution in [1.29, 1.82) is 0 Å². The van der Waals surface area contributed by atoms with Crippen LogP contribution in [0.2, 0.25) is 0 Å². The van der Waals surface area contributed by atoms with Crippen LogP contribution in [0.25, 0.3) is 6.08 Å². The fourth-order valence-electron chi connectivity index (χ4n) is 2.12. The third kappa shape index (κ3) is 4.07. The largest absolute Gasteiger partial charge is 0.307 e. The van der Waals surface area contributed by atoms with E-state index in [1.165, 1.54) is 5.56 Å². The Balaban J connectivity index is 2.01. The number of carbonyl (C=O) groups excluding carboxylic acids is 1. The van der Waals surface area contributed by atoms with E-state index in [0.29, 0.717) is 5.82 Å². The zero-order valence-electron chi connectivity index (χ0n) is 13.6. The Morgan fingerprint density at radius 1 is 1.23 bits per heavy atom. The summed E-state index contributed by atoms with van der Waals surface area (Å²) in [6, 6.07) is 10.0. The summed E-state index contributed by atoms with van der Waals surface area (Å²) in [5, 5.41) is 6.94. The second-order valence-corrected chi connectivity index (χ2v) is 6.23. The molecule has 2 aromatic rings. The monoisotopic (exact) mass is 297 g/mol. The minimum absolute atomic E-state index is 0.137. The maximum Gasteiger partial charge on any atom is 0.249 e. The van der Waals surface area contributed by atoms with Crippen LogP contribution in [-0.2, 0) is 16.8 Å². The molecule has 22 heavy (non-hydrogen) atoms. The van der Waals surface area contributed by atoms with Crippen molar-refractivity contribution in [2.45, 2.75) is 39.7 Å². The van der Waals surface area contributed by atoms with Gasteiger partial charge in [0.05, 0.1) is 6.20 Å². The molecule has 1 heterocycles. The van der Waals surface area contributed by atoms with E-state index in [9.17, 15) is 4.79 Å². The van der Waals surface area contributed by atoms with Gasteiger partial charge in [-0.3, -0.25) is 4.79 Å². The van der Waals surface area contributed by atoms with E-state index in [-0.39, 0.29) is 11.3 Å². The summed E-state index contributed by atoms with van der Waals surface area (Å²) < 4.78 is 1.74. The van der Waals surface area contributed by atoms with Gasteiger partial charge < -0.3 is 5.32 Å². The molecule has 0 atom stereocenters. The first-order chi connectivity index (χ1) is 10.4. The summed E-state index contributed by atoms with van der Waals surface area (Å²) in [4.78, 5) is 11.9. The van der Waals surface area contributed by atoms with Gasteiger partial charge in [-0.05, 0) is 29.5 Å². The molecule has 0 aliphatic heterocycles. The summed E-state index contributed by atoms with van der Waals surface area (Å²) in [7, 11) is 0. The van der Waals surface area contributed by atoms with Gasteiger partial charge in [-0.15, -0.1) is 0 Å². The molecule has 0 saturated carbocycles. The first-order valence-corrected chi connectivity index (χ1v) is 7.51. The van der Waals surface area contributed by atoms with Crippen molar-refractivity contribution in [2.24, 2.45) is 0 Å². The van der Waals surface area contributed by atoms with E-state index in [1.807, 2.05) is 25.1 Å². The van der Waals surface area contributed by atoms with E-state index in [2.05, 4.69) is 43.3 Å². The van der Waals surface area contributed by atoms with Crippen molar-refractivity contribution >= 4 is 17.8 Å². The lowest BCUT2D eigenvalue weighted by Crippen LogP contribution is -2.12. The number of amides is 1. The number of benzene rings is 1. The smallest absolute Gasteiger partial charge is 0.249 e. The van der Waals surface area contributed by atoms with Crippen LogP contribution in [0.15, 0.2) is 42.6 Å². The van der Waals surface area contributed by atoms with Crippen molar-refractivity contribution in [3.05, 3.63) is 53.7 Å². The third-order valence-electron chi connectivity index (χ3n) is 3.47. The molecule has 0 bridgehead atoms. The molecule has 0 unspecified atom stereocenters. The minimum atomic E-state index is -0.157. The highest BCUT2D eigenvalue weighted by atomic mass is 16.1. The summed E-state index contributed by atoms with van der Waals surface area (Å²) in [6.45, 7) is 9.25. The lowest BCUT2D eigenvalue weighted by molar-refractivity contribution is -0.111. The van der Waals surface area contributed by atoms with Crippen LogP contribution in [0.3, 0.4) is 0 Å². The highest BCUT2D eigenvalue weighted by molar-refractivity contribution is 6.01. The average Bonchev–Trinajstić information content (AvgIpc) is 2.92. The number of rotatable bonds is 4. The maximum absolute atomic E-state index is 11.9. The van der Waals surface area contributed by atoms with Gasteiger partial charge in [0.2, 0.25) is 5.91 Å². The van der Waals surface area contributed by atoms with E-state index in [0.717, 1.165) is 12.1 Å². The van der Waals surface area contributed by atoms with Crippen LogP contribution < -0.4 is 5.32 Å². The predicted molar refractivity (Wildman–Crippen MR) is 90.7 cm³/mol. The molecule has 0 fully saturated rings. The summed E-state index contributed by atoms with van der Waals surface area (Å²) in [6.07, 6.45) is 5.03. The average molecular weight is 297 g/mol. The number of carbonyl (C=O) groups is 1. The van der Waals surface area contributed by atoms with Gasteiger partial charge in [0.25, 0.3) is 0 Å². The molecule has 0 spiro atoms. The quantitative estimate of drug-likeness (QED) is 0.871. The van der Waals surface area contributed by atoms with Crippen molar-refractivity contribution in [2.75, 3.05) is 5.32 Å². The Labute approximate surface area is 131 Å². The summed E-state index contributed by atoms with van der Waals surface area (Å²) >= 11 is 0. The number of hydrogen-bond acceptors (Lipinski definition) is 2. The van der Waals surface area contributed by atoms with Gasteiger partial charge in [-0.1, -0.05) is 45.0 Å². The van der Waals surface area contributed by atoms with Gasteiger partial charge >= 0.3 is 0 Å². The molecule has 4 nitrogen and oxygen atoms in total. The van der Waals surface area contributed by atoms with Gasteiger partial charge in [0, 0.05) is 18.7 Å². The predicted octanol–water partition coefficient (Wildman–Crippen LogP) is 3.85. The molecule has 1 N–H and O–H groups in total. The maximum atomic E-state index is 11.9. The molecule has 1 aromatic carbocycles. The molecule has 2 rings (SSSR count). The van der Waals surface area contributed by atoms with Gasteiger partial charge in [-0.2, -0.15) is 5.10 Å². The SMILES string of the molecule is CCn1nccc1NC(=O)/C=C/c1ccc(C(C)(C)C)cc1. The molecule has 1 aromatic heterocycles. The summed E-state index contributed by atoms with van der Waals surface area (Å²) in [5.74, 6) is 0.551. The van der Waals surface area contributed by atoms with Crippen molar-refractivity contribution < 1.29 is 4.79 Å². The zero-order chi connectivity index (χ0) is 16.2. The lowest BCUT2D eigenvalue weighted by Gasteiger charge is -2.18. The molecule has 1 amide bonds. The molecular weight excluding hydrogens is 274 g/mol. The Hall–Kier alpha value is -2.36. The first-order valence-electron chi connectivity index (χ1n) is 7.51. The van der Waals surface area contributed by atoms with Crippen molar-refractivity contribution in [1.82, 2.24) is 9.78 Å². The summed E-state index contributed by atoms with van der Waals surface area (Å²) in [5.41, 5.74) is 2.42. The van der Waals surface area contributed by atoms with E-state index in [4.69, 9.17) is 0 Å². The Kier molecular flexibility index (Phi) is 4.81. The molecule has 0 aliphatic rings. The second-order valence-electron chi connectivity index (χ2n) is 6.23.